The average Bonchev–Trinajstić information content (AvgIpc) is 3.09. The summed E-state index contributed by atoms with van der Waals surface area (Å²) in [6.07, 6.45) is 0. The Bertz CT molecular complexity index is 1470. The number of furan rings is 1. The fourth-order valence-electron chi connectivity index (χ4n) is 3.61. The maximum absolute atomic E-state index is 14.9. The largest absolute Gasteiger partial charge is 0.439 e. The third kappa shape index (κ3) is 2.86. The van der Waals surface area contributed by atoms with Crippen LogP contribution in [0.25, 0.3) is 33.1 Å². The number of para-hydroxylation sites is 2. The van der Waals surface area contributed by atoms with Crippen LogP contribution in [-0.4, -0.2) is 0 Å². The molecule has 6 heteroatoms. The minimum Gasteiger partial charge on any atom is -0.439 e. The number of nitrogens with one attached hydrogen (secondary N) is 1. The molecule has 0 amide bonds. The normalized spacial score (nSPS) is 11.3. The molecule has 0 radical (unpaired) electrons. The van der Waals surface area contributed by atoms with E-state index in [0.29, 0.717) is 16.6 Å². The van der Waals surface area contributed by atoms with Crippen molar-refractivity contribution in [1.29, 1.82) is 0 Å². The first-order valence-corrected chi connectivity index (χ1v) is 9.68. The van der Waals surface area contributed by atoms with Crippen molar-refractivity contribution in [3.8, 4) is 11.1 Å². The van der Waals surface area contributed by atoms with Gasteiger partial charge in [0.15, 0.2) is 5.58 Å². The average molecular weight is 420 g/mol. The van der Waals surface area contributed by atoms with Gasteiger partial charge in [-0.05, 0) is 42.8 Å². The van der Waals surface area contributed by atoms with Gasteiger partial charge in [0.1, 0.15) is 16.8 Å². The lowest BCUT2D eigenvalue weighted by Gasteiger charge is -2.10. The molecule has 3 aromatic carbocycles. The molecule has 0 bridgehead atoms. The summed E-state index contributed by atoms with van der Waals surface area (Å²) < 4.78 is 26.5. The minimum atomic E-state index is -0.625. The van der Waals surface area contributed by atoms with Crippen LogP contribution in [0.3, 0.4) is 0 Å². The minimum absolute atomic E-state index is 0.0802. The van der Waals surface area contributed by atoms with Crippen molar-refractivity contribution in [2.24, 2.45) is 0 Å². The number of benzene rings is 3. The van der Waals surface area contributed by atoms with Gasteiger partial charge >= 0.3 is 5.63 Å². The first-order valence-electron chi connectivity index (χ1n) is 9.30. The molecule has 0 aliphatic rings. The van der Waals surface area contributed by atoms with Crippen molar-refractivity contribution < 1.29 is 13.2 Å². The smallest absolute Gasteiger partial charge is 0.348 e. The molecule has 2 heterocycles. The number of hydrogen-bond acceptors (Lipinski definition) is 4. The van der Waals surface area contributed by atoms with Gasteiger partial charge in [0.25, 0.3) is 0 Å². The van der Waals surface area contributed by atoms with Gasteiger partial charge in [-0.1, -0.05) is 48.0 Å². The summed E-state index contributed by atoms with van der Waals surface area (Å²) in [6.45, 7) is 1.94. The SMILES string of the molecule is Cc1ccccc1Nc1oc2c(c1-c1c(F)cccc1Cl)c(=O)oc1ccccc12. The highest BCUT2D eigenvalue weighted by atomic mass is 35.5. The van der Waals surface area contributed by atoms with Crippen LogP contribution in [0.15, 0.2) is 80.4 Å². The first-order chi connectivity index (χ1) is 14.5. The van der Waals surface area contributed by atoms with E-state index in [0.717, 1.165) is 11.3 Å². The van der Waals surface area contributed by atoms with Crippen LogP contribution < -0.4 is 10.9 Å². The van der Waals surface area contributed by atoms with Gasteiger partial charge in [0.2, 0.25) is 5.88 Å². The highest BCUT2D eigenvalue weighted by Gasteiger charge is 2.26. The van der Waals surface area contributed by atoms with Crippen LogP contribution in [0.5, 0.6) is 0 Å². The molecule has 0 saturated carbocycles. The van der Waals surface area contributed by atoms with Crippen LogP contribution >= 0.6 is 11.6 Å². The molecule has 2 aromatic heterocycles. The molecule has 5 aromatic rings. The zero-order chi connectivity index (χ0) is 20.8. The molecule has 0 aliphatic carbocycles. The number of rotatable bonds is 3. The summed E-state index contributed by atoms with van der Waals surface area (Å²) >= 11 is 6.36. The Balaban J connectivity index is 1.91. The van der Waals surface area contributed by atoms with Gasteiger partial charge in [0.05, 0.1) is 16.0 Å². The summed E-state index contributed by atoms with van der Waals surface area (Å²) in [6, 6.07) is 19.0. The van der Waals surface area contributed by atoms with Crippen molar-refractivity contribution >= 4 is 45.1 Å². The summed E-state index contributed by atoms with van der Waals surface area (Å²) in [7, 11) is 0. The topological polar surface area (TPSA) is 55.4 Å². The Kier molecular flexibility index (Phi) is 4.33. The zero-order valence-electron chi connectivity index (χ0n) is 15.8. The Hall–Kier alpha value is -3.57. The Morgan fingerprint density at radius 1 is 0.900 bits per heavy atom. The summed E-state index contributed by atoms with van der Waals surface area (Å²) in [5.41, 5.74) is 2.11. The summed E-state index contributed by atoms with van der Waals surface area (Å²) in [5, 5.41) is 4.11. The van der Waals surface area contributed by atoms with Crippen LogP contribution in [-0.2, 0) is 0 Å². The Morgan fingerprint density at radius 3 is 2.47 bits per heavy atom. The lowest BCUT2D eigenvalue weighted by molar-refractivity contribution is 0.566. The van der Waals surface area contributed by atoms with E-state index in [1.165, 1.54) is 12.1 Å². The lowest BCUT2D eigenvalue weighted by Crippen LogP contribution is -2.01. The number of halogens is 2. The van der Waals surface area contributed by atoms with Crippen LogP contribution in [0.1, 0.15) is 5.56 Å². The molecule has 0 atom stereocenters. The summed E-state index contributed by atoms with van der Waals surface area (Å²) in [5.74, 6) is -0.347. The second kappa shape index (κ2) is 7.04. The van der Waals surface area contributed by atoms with Gasteiger partial charge in [-0.3, -0.25) is 0 Å². The van der Waals surface area contributed by atoms with Gasteiger partial charge in [-0.25, -0.2) is 9.18 Å². The monoisotopic (exact) mass is 419 g/mol. The van der Waals surface area contributed by atoms with Gasteiger partial charge in [-0.2, -0.15) is 0 Å². The van der Waals surface area contributed by atoms with Crippen molar-refractivity contribution in [3.63, 3.8) is 0 Å². The van der Waals surface area contributed by atoms with E-state index in [1.54, 1.807) is 24.3 Å². The zero-order valence-corrected chi connectivity index (χ0v) is 16.6. The highest BCUT2D eigenvalue weighted by Crippen LogP contribution is 2.44. The second-order valence-electron chi connectivity index (χ2n) is 6.93. The third-order valence-electron chi connectivity index (χ3n) is 5.05. The Morgan fingerprint density at radius 2 is 1.67 bits per heavy atom. The summed E-state index contributed by atoms with van der Waals surface area (Å²) in [4.78, 5) is 12.9. The number of anilines is 2. The molecular formula is C24H15ClFNO3. The maximum atomic E-state index is 14.9. The molecule has 30 heavy (non-hydrogen) atoms. The van der Waals surface area contributed by atoms with E-state index in [4.69, 9.17) is 20.4 Å². The number of aryl methyl sites for hydroxylation is 1. The van der Waals surface area contributed by atoms with E-state index in [1.807, 2.05) is 37.3 Å². The predicted octanol–water partition coefficient (Wildman–Crippen LogP) is 7.05. The molecule has 0 aliphatic heterocycles. The highest BCUT2D eigenvalue weighted by molar-refractivity contribution is 6.34. The van der Waals surface area contributed by atoms with Gasteiger partial charge in [-0.15, -0.1) is 0 Å². The van der Waals surface area contributed by atoms with E-state index in [-0.39, 0.29) is 27.4 Å². The quantitative estimate of drug-likeness (QED) is 0.318. The van der Waals surface area contributed by atoms with E-state index in [9.17, 15) is 9.18 Å². The third-order valence-corrected chi connectivity index (χ3v) is 5.37. The number of hydrogen-bond donors (Lipinski definition) is 1. The van der Waals surface area contributed by atoms with Gasteiger partial charge in [0, 0.05) is 11.3 Å². The maximum Gasteiger partial charge on any atom is 0.348 e. The van der Waals surface area contributed by atoms with Gasteiger partial charge < -0.3 is 14.2 Å². The first kappa shape index (κ1) is 18.5. The van der Waals surface area contributed by atoms with Crippen molar-refractivity contribution in [2.75, 3.05) is 5.32 Å². The molecule has 0 fully saturated rings. The van der Waals surface area contributed by atoms with Crippen LogP contribution in [0, 0.1) is 12.7 Å². The van der Waals surface area contributed by atoms with E-state index < -0.39 is 11.4 Å². The van der Waals surface area contributed by atoms with E-state index in [2.05, 4.69) is 5.32 Å². The molecule has 4 nitrogen and oxygen atoms in total. The van der Waals surface area contributed by atoms with Crippen LogP contribution in [0.4, 0.5) is 16.0 Å². The predicted molar refractivity (Wildman–Crippen MR) is 117 cm³/mol. The molecule has 0 unspecified atom stereocenters. The van der Waals surface area contributed by atoms with Crippen molar-refractivity contribution in [3.05, 3.63) is 93.6 Å². The van der Waals surface area contributed by atoms with Crippen molar-refractivity contribution in [1.82, 2.24) is 0 Å². The second-order valence-corrected chi connectivity index (χ2v) is 7.34. The molecule has 1 N–H and O–H groups in total. The molecule has 5 rings (SSSR count). The van der Waals surface area contributed by atoms with Crippen LogP contribution in [0.2, 0.25) is 5.02 Å². The molecular weight excluding hydrogens is 405 g/mol. The number of fused-ring (bicyclic) bond motifs is 3. The van der Waals surface area contributed by atoms with E-state index >= 15 is 0 Å². The molecule has 0 saturated heterocycles. The van der Waals surface area contributed by atoms with Crippen molar-refractivity contribution in [2.45, 2.75) is 6.92 Å². The fraction of sp³-hybridized carbons (Fsp3) is 0.0417. The lowest BCUT2D eigenvalue weighted by atomic mass is 10.0. The fourth-order valence-corrected chi connectivity index (χ4v) is 3.87. The molecule has 148 valence electrons. The standard InChI is InChI=1S/C24H15ClFNO3/c1-13-7-2-4-11-17(13)27-23-20(19-15(25)9-6-10-16(19)26)21-22(30-23)14-8-3-5-12-18(14)29-24(21)28/h2-12,27H,1H3. The Labute approximate surface area is 175 Å². The molecule has 0 spiro atoms.